The standard InChI is InChI=1S/C14H18BrN3O3/c1-20-12-8-10(3-5-17)7-11(15)14(12)21-9-13(19)18-6-2-4-16/h7-8H,2-3,5-6,9,17H2,1H3,(H,18,19). The number of hydrogen-bond donors (Lipinski definition) is 2. The van der Waals surface area contributed by atoms with Gasteiger partial charge in [-0.25, -0.2) is 0 Å². The Morgan fingerprint density at radius 2 is 2.29 bits per heavy atom. The van der Waals surface area contributed by atoms with Crippen LogP contribution in [-0.2, 0) is 11.2 Å². The average Bonchev–Trinajstić information content (AvgIpc) is 2.46. The van der Waals surface area contributed by atoms with Crippen molar-refractivity contribution in [2.24, 2.45) is 5.73 Å². The molecular formula is C14H18BrN3O3. The molecule has 0 aliphatic heterocycles. The van der Waals surface area contributed by atoms with Crippen LogP contribution in [0.3, 0.4) is 0 Å². The van der Waals surface area contributed by atoms with Crippen molar-refractivity contribution in [1.82, 2.24) is 5.32 Å². The third kappa shape index (κ3) is 5.61. The summed E-state index contributed by atoms with van der Waals surface area (Å²) in [5, 5.41) is 11.0. The lowest BCUT2D eigenvalue weighted by Gasteiger charge is -2.14. The van der Waals surface area contributed by atoms with Gasteiger partial charge in [-0.3, -0.25) is 4.79 Å². The Morgan fingerprint density at radius 1 is 1.52 bits per heavy atom. The molecule has 0 saturated carbocycles. The molecule has 114 valence electrons. The predicted molar refractivity (Wildman–Crippen MR) is 82.2 cm³/mol. The molecule has 7 heteroatoms. The van der Waals surface area contributed by atoms with E-state index in [0.29, 0.717) is 29.1 Å². The molecular weight excluding hydrogens is 338 g/mol. The largest absolute Gasteiger partial charge is 0.493 e. The maximum absolute atomic E-state index is 11.6. The molecule has 0 fully saturated rings. The van der Waals surface area contributed by atoms with Crippen LogP contribution in [0.1, 0.15) is 12.0 Å². The van der Waals surface area contributed by atoms with E-state index in [9.17, 15) is 4.79 Å². The van der Waals surface area contributed by atoms with Gasteiger partial charge in [0.1, 0.15) is 0 Å². The van der Waals surface area contributed by atoms with Gasteiger partial charge in [-0.1, -0.05) is 0 Å². The van der Waals surface area contributed by atoms with Crippen molar-refractivity contribution in [3.8, 4) is 17.6 Å². The summed E-state index contributed by atoms with van der Waals surface area (Å²) < 4.78 is 11.5. The molecule has 0 aliphatic carbocycles. The second kappa shape index (κ2) is 9.21. The van der Waals surface area contributed by atoms with Gasteiger partial charge >= 0.3 is 0 Å². The van der Waals surface area contributed by atoms with E-state index >= 15 is 0 Å². The van der Waals surface area contributed by atoms with Crippen molar-refractivity contribution >= 4 is 21.8 Å². The van der Waals surface area contributed by atoms with Crippen molar-refractivity contribution in [2.45, 2.75) is 12.8 Å². The summed E-state index contributed by atoms with van der Waals surface area (Å²) >= 11 is 3.40. The van der Waals surface area contributed by atoms with Crippen LogP contribution < -0.4 is 20.5 Å². The van der Waals surface area contributed by atoms with Gasteiger partial charge in [0.15, 0.2) is 18.1 Å². The zero-order valence-corrected chi connectivity index (χ0v) is 13.4. The fraction of sp³-hybridized carbons (Fsp3) is 0.429. The minimum atomic E-state index is -0.287. The van der Waals surface area contributed by atoms with Gasteiger partial charge in [-0.15, -0.1) is 0 Å². The Kier molecular flexibility index (Phi) is 7.58. The van der Waals surface area contributed by atoms with Gasteiger partial charge in [0, 0.05) is 6.54 Å². The molecule has 1 rings (SSSR count). The first-order valence-corrected chi connectivity index (χ1v) is 7.24. The summed E-state index contributed by atoms with van der Waals surface area (Å²) in [6.45, 7) is 0.708. The third-order valence-corrected chi connectivity index (χ3v) is 3.22. The molecule has 3 N–H and O–H groups in total. The van der Waals surface area contributed by atoms with Crippen LogP contribution in [0.4, 0.5) is 0 Å². The van der Waals surface area contributed by atoms with Crippen LogP contribution in [0.25, 0.3) is 0 Å². The fourth-order valence-corrected chi connectivity index (χ4v) is 2.27. The highest BCUT2D eigenvalue weighted by atomic mass is 79.9. The summed E-state index contributed by atoms with van der Waals surface area (Å²) in [4.78, 5) is 11.6. The Morgan fingerprint density at radius 3 is 2.90 bits per heavy atom. The number of nitrogens with one attached hydrogen (secondary N) is 1. The van der Waals surface area contributed by atoms with Crippen LogP contribution in [0.15, 0.2) is 16.6 Å². The molecule has 0 aromatic heterocycles. The molecule has 21 heavy (non-hydrogen) atoms. The van der Waals surface area contributed by atoms with Crippen molar-refractivity contribution in [2.75, 3.05) is 26.8 Å². The van der Waals surface area contributed by atoms with Gasteiger partial charge in [0.25, 0.3) is 5.91 Å². The molecule has 1 aromatic carbocycles. The van der Waals surface area contributed by atoms with E-state index < -0.39 is 0 Å². The van der Waals surface area contributed by atoms with Gasteiger partial charge in [-0.05, 0) is 46.6 Å². The quantitative estimate of drug-likeness (QED) is 0.686. The molecule has 6 nitrogen and oxygen atoms in total. The smallest absolute Gasteiger partial charge is 0.257 e. The number of hydrogen-bond acceptors (Lipinski definition) is 5. The van der Waals surface area contributed by atoms with Crippen molar-refractivity contribution in [1.29, 1.82) is 5.26 Å². The second-order valence-corrected chi connectivity index (χ2v) is 5.05. The number of rotatable bonds is 8. The molecule has 0 radical (unpaired) electrons. The van der Waals surface area contributed by atoms with E-state index in [-0.39, 0.29) is 18.9 Å². The van der Waals surface area contributed by atoms with Crippen molar-refractivity contribution in [3.63, 3.8) is 0 Å². The fourth-order valence-electron chi connectivity index (χ4n) is 1.67. The molecule has 0 saturated heterocycles. The first-order chi connectivity index (χ1) is 10.1. The van der Waals surface area contributed by atoms with E-state index in [0.717, 1.165) is 12.0 Å². The molecule has 1 aromatic rings. The maximum Gasteiger partial charge on any atom is 0.257 e. The Hall–Kier alpha value is -1.78. The number of benzene rings is 1. The highest BCUT2D eigenvalue weighted by Gasteiger charge is 2.13. The monoisotopic (exact) mass is 355 g/mol. The number of amides is 1. The van der Waals surface area contributed by atoms with Crippen LogP contribution in [0.5, 0.6) is 11.5 Å². The van der Waals surface area contributed by atoms with Gasteiger partial charge in [0.2, 0.25) is 0 Å². The number of nitrogens with two attached hydrogens (primary N) is 1. The summed E-state index contributed by atoms with van der Waals surface area (Å²) in [6, 6.07) is 5.67. The van der Waals surface area contributed by atoms with Crippen LogP contribution in [-0.4, -0.2) is 32.7 Å². The number of ether oxygens (including phenoxy) is 2. The number of nitriles is 1. The highest BCUT2D eigenvalue weighted by Crippen LogP contribution is 2.36. The maximum atomic E-state index is 11.6. The first-order valence-electron chi connectivity index (χ1n) is 6.45. The van der Waals surface area contributed by atoms with E-state index in [1.165, 1.54) is 7.11 Å². The van der Waals surface area contributed by atoms with E-state index in [2.05, 4.69) is 21.2 Å². The van der Waals surface area contributed by atoms with Crippen molar-refractivity contribution < 1.29 is 14.3 Å². The molecule has 0 heterocycles. The molecule has 1 amide bonds. The van der Waals surface area contributed by atoms with Crippen molar-refractivity contribution in [3.05, 3.63) is 22.2 Å². The zero-order chi connectivity index (χ0) is 15.7. The summed E-state index contributed by atoms with van der Waals surface area (Å²) in [5.74, 6) is 0.719. The Balaban J connectivity index is 2.70. The number of nitrogens with zero attached hydrogens (tertiary/aromatic N) is 1. The zero-order valence-electron chi connectivity index (χ0n) is 11.8. The third-order valence-electron chi connectivity index (χ3n) is 2.63. The van der Waals surface area contributed by atoms with E-state index in [4.69, 9.17) is 20.5 Å². The number of carbonyl (C=O) groups is 1. The molecule has 0 atom stereocenters. The molecule has 0 aliphatic rings. The summed E-state index contributed by atoms with van der Waals surface area (Å²) in [5.41, 5.74) is 6.55. The lowest BCUT2D eigenvalue weighted by atomic mass is 10.1. The summed E-state index contributed by atoms with van der Waals surface area (Å²) in [6.07, 6.45) is 0.996. The lowest BCUT2D eigenvalue weighted by Crippen LogP contribution is -2.29. The Bertz CT molecular complexity index is 529. The van der Waals surface area contributed by atoms with E-state index in [1.807, 2.05) is 18.2 Å². The Labute approximate surface area is 132 Å². The summed E-state index contributed by atoms with van der Waals surface area (Å²) in [7, 11) is 1.54. The highest BCUT2D eigenvalue weighted by molar-refractivity contribution is 9.10. The SMILES string of the molecule is COc1cc(CCN)cc(Br)c1OCC(=O)NCCC#N. The molecule has 0 unspecified atom stereocenters. The molecule has 0 spiro atoms. The minimum absolute atomic E-state index is 0.142. The molecule has 0 bridgehead atoms. The van der Waals surface area contributed by atoms with Gasteiger partial charge in [-0.2, -0.15) is 5.26 Å². The number of halogens is 1. The number of methoxy groups -OCH3 is 1. The normalized spacial score (nSPS) is 9.81. The van der Waals surface area contributed by atoms with Crippen LogP contribution in [0.2, 0.25) is 0 Å². The van der Waals surface area contributed by atoms with Crippen LogP contribution in [0, 0.1) is 11.3 Å². The second-order valence-electron chi connectivity index (χ2n) is 4.19. The first kappa shape index (κ1) is 17.3. The van der Waals surface area contributed by atoms with Gasteiger partial charge in [0.05, 0.1) is 24.1 Å². The lowest BCUT2D eigenvalue weighted by molar-refractivity contribution is -0.123. The van der Waals surface area contributed by atoms with Gasteiger partial charge < -0.3 is 20.5 Å². The van der Waals surface area contributed by atoms with Crippen LogP contribution >= 0.6 is 15.9 Å². The average molecular weight is 356 g/mol. The minimum Gasteiger partial charge on any atom is -0.493 e. The number of carbonyl (C=O) groups excluding carboxylic acids is 1. The van der Waals surface area contributed by atoms with E-state index in [1.54, 1.807) is 0 Å². The topological polar surface area (TPSA) is 97.4 Å². The predicted octanol–water partition coefficient (Wildman–Crippen LogP) is 1.37.